The van der Waals surface area contributed by atoms with Crippen molar-refractivity contribution in [1.29, 1.82) is 0 Å². The van der Waals surface area contributed by atoms with Crippen LogP contribution < -0.4 is 10.1 Å². The molecular formula is C16H18ClNO. The Balaban J connectivity index is 2.16. The SMILES string of the molecule is CCc1ccccc1NCc1cc(Cl)ccc1OC. The maximum absolute atomic E-state index is 6.03. The summed E-state index contributed by atoms with van der Waals surface area (Å²) in [6.45, 7) is 2.85. The third-order valence-corrected chi connectivity index (χ3v) is 3.35. The van der Waals surface area contributed by atoms with Gasteiger partial charge in [-0.1, -0.05) is 36.7 Å². The van der Waals surface area contributed by atoms with Gasteiger partial charge in [-0.3, -0.25) is 0 Å². The van der Waals surface area contributed by atoms with Crippen molar-refractivity contribution in [2.75, 3.05) is 12.4 Å². The van der Waals surface area contributed by atoms with Gasteiger partial charge in [-0.05, 0) is 36.2 Å². The Morgan fingerprint density at radius 3 is 2.63 bits per heavy atom. The van der Waals surface area contributed by atoms with Crippen LogP contribution in [0.15, 0.2) is 42.5 Å². The smallest absolute Gasteiger partial charge is 0.123 e. The van der Waals surface area contributed by atoms with Gasteiger partial charge in [0, 0.05) is 22.8 Å². The number of hydrogen-bond donors (Lipinski definition) is 1. The van der Waals surface area contributed by atoms with Crippen molar-refractivity contribution >= 4 is 17.3 Å². The first kappa shape index (κ1) is 13.8. The van der Waals surface area contributed by atoms with Crippen LogP contribution >= 0.6 is 11.6 Å². The molecule has 0 amide bonds. The highest BCUT2D eigenvalue weighted by atomic mass is 35.5. The number of hydrogen-bond acceptors (Lipinski definition) is 2. The molecule has 0 unspecified atom stereocenters. The van der Waals surface area contributed by atoms with Crippen LogP contribution in [0.2, 0.25) is 5.02 Å². The van der Waals surface area contributed by atoms with Gasteiger partial charge in [0.15, 0.2) is 0 Å². The normalized spacial score (nSPS) is 10.3. The molecule has 0 radical (unpaired) electrons. The number of halogens is 1. The van der Waals surface area contributed by atoms with Crippen molar-refractivity contribution in [3.63, 3.8) is 0 Å². The molecule has 2 aromatic rings. The highest BCUT2D eigenvalue weighted by molar-refractivity contribution is 6.30. The first-order chi connectivity index (χ1) is 9.24. The van der Waals surface area contributed by atoms with Gasteiger partial charge in [0.25, 0.3) is 0 Å². The first-order valence-corrected chi connectivity index (χ1v) is 6.76. The second kappa shape index (κ2) is 6.48. The minimum Gasteiger partial charge on any atom is -0.496 e. The lowest BCUT2D eigenvalue weighted by molar-refractivity contribution is 0.410. The molecule has 0 saturated heterocycles. The van der Waals surface area contributed by atoms with E-state index in [9.17, 15) is 0 Å². The lowest BCUT2D eigenvalue weighted by Crippen LogP contribution is -2.03. The van der Waals surface area contributed by atoms with Crippen LogP contribution in [0.5, 0.6) is 5.75 Å². The minimum absolute atomic E-state index is 0.695. The summed E-state index contributed by atoms with van der Waals surface area (Å²) in [5, 5.41) is 4.17. The zero-order chi connectivity index (χ0) is 13.7. The van der Waals surface area contributed by atoms with Crippen LogP contribution in [0.4, 0.5) is 5.69 Å². The second-order valence-corrected chi connectivity index (χ2v) is 4.76. The fourth-order valence-corrected chi connectivity index (χ4v) is 2.27. The molecule has 2 rings (SSSR count). The Bertz CT molecular complexity index is 554. The monoisotopic (exact) mass is 275 g/mol. The first-order valence-electron chi connectivity index (χ1n) is 6.38. The van der Waals surface area contributed by atoms with Gasteiger partial charge in [0.05, 0.1) is 7.11 Å². The molecule has 2 nitrogen and oxygen atoms in total. The Labute approximate surface area is 119 Å². The van der Waals surface area contributed by atoms with Gasteiger partial charge in [-0.25, -0.2) is 0 Å². The molecule has 0 saturated carbocycles. The Kier molecular flexibility index (Phi) is 4.69. The molecule has 0 aliphatic carbocycles. The van der Waals surface area contributed by atoms with E-state index in [1.165, 1.54) is 5.56 Å². The lowest BCUT2D eigenvalue weighted by atomic mass is 10.1. The average molecular weight is 276 g/mol. The van der Waals surface area contributed by atoms with E-state index in [2.05, 4.69) is 30.4 Å². The van der Waals surface area contributed by atoms with E-state index in [0.717, 1.165) is 28.4 Å². The van der Waals surface area contributed by atoms with Gasteiger partial charge < -0.3 is 10.1 Å². The molecule has 0 fully saturated rings. The van der Waals surface area contributed by atoms with E-state index in [4.69, 9.17) is 16.3 Å². The molecule has 1 N–H and O–H groups in total. The van der Waals surface area contributed by atoms with Crippen LogP contribution in [-0.2, 0) is 13.0 Å². The fraction of sp³-hybridized carbons (Fsp3) is 0.250. The van der Waals surface area contributed by atoms with E-state index in [1.54, 1.807) is 7.11 Å². The third kappa shape index (κ3) is 3.42. The molecule has 19 heavy (non-hydrogen) atoms. The van der Waals surface area contributed by atoms with Gasteiger partial charge in [-0.2, -0.15) is 0 Å². The van der Waals surface area contributed by atoms with Gasteiger partial charge in [0.1, 0.15) is 5.75 Å². The maximum Gasteiger partial charge on any atom is 0.123 e. The molecule has 0 aliphatic heterocycles. The molecule has 0 heterocycles. The number of benzene rings is 2. The number of rotatable bonds is 5. The summed E-state index contributed by atoms with van der Waals surface area (Å²) in [5.74, 6) is 0.853. The van der Waals surface area contributed by atoms with Crippen molar-refractivity contribution in [2.24, 2.45) is 0 Å². The molecule has 100 valence electrons. The van der Waals surface area contributed by atoms with E-state index in [1.807, 2.05) is 24.3 Å². The lowest BCUT2D eigenvalue weighted by Gasteiger charge is -2.13. The standard InChI is InChI=1S/C16H18ClNO/c1-3-12-6-4-5-7-15(12)18-11-13-10-14(17)8-9-16(13)19-2/h4-10,18H,3,11H2,1-2H3. The summed E-state index contributed by atoms with van der Waals surface area (Å²) in [6.07, 6.45) is 1.01. The van der Waals surface area contributed by atoms with E-state index in [-0.39, 0.29) is 0 Å². The molecule has 0 atom stereocenters. The van der Waals surface area contributed by atoms with E-state index >= 15 is 0 Å². The number of ether oxygens (including phenoxy) is 1. The third-order valence-electron chi connectivity index (χ3n) is 3.11. The van der Waals surface area contributed by atoms with Crippen molar-refractivity contribution in [1.82, 2.24) is 0 Å². The summed E-state index contributed by atoms with van der Waals surface area (Å²) in [6, 6.07) is 14.0. The number of aryl methyl sites for hydroxylation is 1. The molecular weight excluding hydrogens is 258 g/mol. The Morgan fingerprint density at radius 1 is 1.11 bits per heavy atom. The molecule has 2 aromatic carbocycles. The number of anilines is 1. The Hall–Kier alpha value is -1.67. The predicted octanol–water partition coefficient (Wildman–Crippen LogP) is 4.52. The molecule has 0 aromatic heterocycles. The highest BCUT2D eigenvalue weighted by Gasteiger charge is 2.05. The number of para-hydroxylation sites is 1. The van der Waals surface area contributed by atoms with Crippen molar-refractivity contribution in [3.8, 4) is 5.75 Å². The van der Waals surface area contributed by atoms with E-state index < -0.39 is 0 Å². The van der Waals surface area contributed by atoms with E-state index in [0.29, 0.717) is 6.54 Å². The highest BCUT2D eigenvalue weighted by Crippen LogP contribution is 2.24. The summed E-state index contributed by atoms with van der Waals surface area (Å²) in [5.41, 5.74) is 3.52. The minimum atomic E-state index is 0.695. The van der Waals surface area contributed by atoms with Crippen molar-refractivity contribution in [2.45, 2.75) is 19.9 Å². The van der Waals surface area contributed by atoms with Crippen LogP contribution in [-0.4, -0.2) is 7.11 Å². The second-order valence-electron chi connectivity index (χ2n) is 4.32. The van der Waals surface area contributed by atoms with Gasteiger partial charge >= 0.3 is 0 Å². The summed E-state index contributed by atoms with van der Waals surface area (Å²) < 4.78 is 5.35. The molecule has 3 heteroatoms. The maximum atomic E-state index is 6.03. The molecule has 0 spiro atoms. The molecule has 0 aliphatic rings. The summed E-state index contributed by atoms with van der Waals surface area (Å²) in [7, 11) is 1.67. The van der Waals surface area contributed by atoms with Crippen molar-refractivity contribution < 1.29 is 4.74 Å². The van der Waals surface area contributed by atoms with Gasteiger partial charge in [0.2, 0.25) is 0 Å². The molecule has 0 bridgehead atoms. The summed E-state index contributed by atoms with van der Waals surface area (Å²) in [4.78, 5) is 0. The average Bonchev–Trinajstić information content (AvgIpc) is 2.45. The van der Waals surface area contributed by atoms with Crippen molar-refractivity contribution in [3.05, 3.63) is 58.6 Å². The topological polar surface area (TPSA) is 21.3 Å². The number of methoxy groups -OCH3 is 1. The quantitative estimate of drug-likeness (QED) is 0.866. The van der Waals surface area contributed by atoms with Crippen LogP contribution in [0.3, 0.4) is 0 Å². The Morgan fingerprint density at radius 2 is 1.89 bits per heavy atom. The fourth-order valence-electron chi connectivity index (χ4n) is 2.08. The van der Waals surface area contributed by atoms with Crippen LogP contribution in [0, 0.1) is 0 Å². The zero-order valence-electron chi connectivity index (χ0n) is 11.2. The van der Waals surface area contributed by atoms with Crippen LogP contribution in [0.1, 0.15) is 18.1 Å². The number of nitrogens with one attached hydrogen (secondary N) is 1. The summed E-state index contributed by atoms with van der Waals surface area (Å²) >= 11 is 6.03. The largest absolute Gasteiger partial charge is 0.496 e. The predicted molar refractivity (Wildman–Crippen MR) is 81.2 cm³/mol. The van der Waals surface area contributed by atoms with Gasteiger partial charge in [-0.15, -0.1) is 0 Å². The zero-order valence-corrected chi connectivity index (χ0v) is 12.0. The van der Waals surface area contributed by atoms with Crippen LogP contribution in [0.25, 0.3) is 0 Å².